The van der Waals surface area contributed by atoms with Crippen molar-refractivity contribution in [2.24, 2.45) is 11.1 Å². The third-order valence-electron chi connectivity index (χ3n) is 7.90. The van der Waals surface area contributed by atoms with Gasteiger partial charge in [0.1, 0.15) is 18.2 Å². The lowest BCUT2D eigenvalue weighted by atomic mass is 9.68. The van der Waals surface area contributed by atoms with Crippen LogP contribution in [0.4, 0.5) is 5.69 Å². The first kappa shape index (κ1) is 27.6. The third-order valence-corrected chi connectivity index (χ3v) is 8.22. The fraction of sp³-hybridized carbons (Fsp3) is 0.294. The second-order valence-corrected chi connectivity index (χ2v) is 12.1. The highest BCUT2D eigenvalue weighted by atomic mass is 35.5. The highest BCUT2D eigenvalue weighted by Gasteiger charge is 2.45. The van der Waals surface area contributed by atoms with Gasteiger partial charge in [-0.2, -0.15) is 5.26 Å². The number of para-hydroxylation sites is 1. The number of halogens is 1. The smallest absolute Gasteiger partial charge is 0.162 e. The summed E-state index contributed by atoms with van der Waals surface area (Å²) in [6.45, 7) is 10.6. The first-order valence-electron chi connectivity index (χ1n) is 13.5. The van der Waals surface area contributed by atoms with E-state index in [0.717, 1.165) is 39.2 Å². The van der Waals surface area contributed by atoms with Crippen molar-refractivity contribution in [3.63, 3.8) is 0 Å². The van der Waals surface area contributed by atoms with Gasteiger partial charge in [-0.15, -0.1) is 0 Å². The highest BCUT2D eigenvalue weighted by Crippen LogP contribution is 2.51. The summed E-state index contributed by atoms with van der Waals surface area (Å²) in [5.41, 5.74) is 14.4. The number of benzene rings is 3. The lowest BCUT2D eigenvalue weighted by Gasteiger charge is -2.44. The largest absolute Gasteiger partial charge is 0.487 e. The van der Waals surface area contributed by atoms with E-state index in [9.17, 15) is 10.1 Å². The van der Waals surface area contributed by atoms with Crippen molar-refractivity contribution in [2.75, 3.05) is 4.90 Å². The molecule has 6 heteroatoms. The summed E-state index contributed by atoms with van der Waals surface area (Å²) in [6.07, 6.45) is 1.08. The number of hydrogen-bond donors (Lipinski definition) is 1. The first-order valence-corrected chi connectivity index (χ1v) is 13.9. The quantitative estimate of drug-likeness (QED) is 0.350. The number of nitriles is 1. The number of aryl methyl sites for hydroxylation is 2. The molecule has 0 spiro atoms. The van der Waals surface area contributed by atoms with Gasteiger partial charge in [-0.25, -0.2) is 0 Å². The van der Waals surface area contributed by atoms with Gasteiger partial charge in [0.25, 0.3) is 0 Å². The number of ether oxygens (including phenoxy) is 1. The Kier molecular flexibility index (Phi) is 7.25. The van der Waals surface area contributed by atoms with Gasteiger partial charge >= 0.3 is 0 Å². The molecule has 5 rings (SSSR count). The predicted molar refractivity (Wildman–Crippen MR) is 160 cm³/mol. The Bertz CT molecular complexity index is 1610. The number of carbonyl (C=O) groups is 1. The zero-order chi connectivity index (χ0) is 28.8. The van der Waals surface area contributed by atoms with Gasteiger partial charge in [0, 0.05) is 23.4 Å². The van der Waals surface area contributed by atoms with Crippen molar-refractivity contribution in [1.29, 1.82) is 5.26 Å². The van der Waals surface area contributed by atoms with Crippen LogP contribution in [0.1, 0.15) is 60.4 Å². The maximum absolute atomic E-state index is 14.0. The average molecular weight is 552 g/mol. The summed E-state index contributed by atoms with van der Waals surface area (Å²) in [7, 11) is 0. The first-order chi connectivity index (χ1) is 19.0. The molecule has 0 fully saturated rings. The lowest BCUT2D eigenvalue weighted by Crippen LogP contribution is -2.42. The summed E-state index contributed by atoms with van der Waals surface area (Å²) < 4.78 is 6.09. The van der Waals surface area contributed by atoms with Crippen molar-refractivity contribution in [1.82, 2.24) is 0 Å². The van der Waals surface area contributed by atoms with Gasteiger partial charge in [0.05, 0.1) is 22.6 Å². The molecule has 2 aliphatic rings. The van der Waals surface area contributed by atoms with Crippen LogP contribution in [0.15, 0.2) is 83.3 Å². The molecule has 0 radical (unpaired) electrons. The summed E-state index contributed by atoms with van der Waals surface area (Å²) in [5.74, 6) is 0.484. The molecule has 0 bridgehead atoms. The van der Waals surface area contributed by atoms with E-state index in [1.54, 1.807) is 6.07 Å². The van der Waals surface area contributed by atoms with Crippen LogP contribution in [-0.4, -0.2) is 5.78 Å². The summed E-state index contributed by atoms with van der Waals surface area (Å²) in [6, 6.07) is 22.0. The van der Waals surface area contributed by atoms with Crippen molar-refractivity contribution >= 4 is 23.1 Å². The Morgan fingerprint density at radius 3 is 2.42 bits per heavy atom. The lowest BCUT2D eigenvalue weighted by molar-refractivity contribution is -0.118. The molecule has 0 amide bonds. The van der Waals surface area contributed by atoms with Crippen LogP contribution < -0.4 is 15.4 Å². The molecule has 3 aromatic rings. The monoisotopic (exact) mass is 551 g/mol. The Hall–Kier alpha value is -4.01. The maximum Gasteiger partial charge on any atom is 0.162 e. The maximum atomic E-state index is 14.0. The van der Waals surface area contributed by atoms with Crippen molar-refractivity contribution in [3.05, 3.63) is 116 Å². The van der Waals surface area contributed by atoms with Crippen LogP contribution in [0.2, 0.25) is 5.02 Å². The molecule has 0 aromatic heterocycles. The van der Waals surface area contributed by atoms with E-state index in [1.807, 2.05) is 68.1 Å². The Labute approximate surface area is 241 Å². The van der Waals surface area contributed by atoms with Crippen molar-refractivity contribution in [2.45, 2.75) is 60.0 Å². The number of nitrogens with two attached hydrogens (primary N) is 1. The van der Waals surface area contributed by atoms with Crippen LogP contribution in [0.3, 0.4) is 0 Å². The number of anilines is 1. The second-order valence-electron chi connectivity index (χ2n) is 11.7. The fourth-order valence-electron chi connectivity index (χ4n) is 5.94. The number of allylic oxidation sites excluding steroid dienone is 3. The van der Waals surface area contributed by atoms with Gasteiger partial charge in [-0.3, -0.25) is 9.69 Å². The molecule has 40 heavy (non-hydrogen) atoms. The Balaban J connectivity index is 1.67. The Morgan fingerprint density at radius 1 is 1.05 bits per heavy atom. The zero-order valence-corrected chi connectivity index (χ0v) is 24.4. The molecule has 3 aromatic carbocycles. The van der Waals surface area contributed by atoms with Gasteiger partial charge in [0.15, 0.2) is 5.78 Å². The van der Waals surface area contributed by atoms with Gasteiger partial charge < -0.3 is 10.5 Å². The number of nitrogens with zero attached hydrogens (tertiary/aromatic N) is 2. The van der Waals surface area contributed by atoms with E-state index in [1.165, 1.54) is 0 Å². The molecule has 1 aliphatic heterocycles. The molecule has 1 heterocycles. The average Bonchev–Trinajstić information content (AvgIpc) is 2.89. The molecule has 2 N–H and O–H groups in total. The molecule has 0 saturated heterocycles. The number of carbonyl (C=O) groups excluding carboxylic acids is 1. The van der Waals surface area contributed by atoms with E-state index in [0.29, 0.717) is 47.2 Å². The van der Waals surface area contributed by atoms with Crippen molar-refractivity contribution < 1.29 is 9.53 Å². The van der Waals surface area contributed by atoms with E-state index in [-0.39, 0.29) is 11.2 Å². The van der Waals surface area contributed by atoms with Crippen LogP contribution in [0.5, 0.6) is 5.75 Å². The summed E-state index contributed by atoms with van der Waals surface area (Å²) in [5, 5.41) is 11.1. The van der Waals surface area contributed by atoms with Crippen molar-refractivity contribution in [3.8, 4) is 11.8 Å². The van der Waals surface area contributed by atoms with Gasteiger partial charge in [-0.1, -0.05) is 73.0 Å². The molecule has 5 nitrogen and oxygen atoms in total. The molecule has 1 unspecified atom stereocenters. The fourth-order valence-corrected chi connectivity index (χ4v) is 6.13. The third kappa shape index (κ3) is 5.00. The number of Topliss-reactive ketones (excluding diaryl/α,β-unsaturated/α-hetero) is 1. The minimum absolute atomic E-state index is 0.0587. The minimum Gasteiger partial charge on any atom is -0.487 e. The molecule has 0 saturated carbocycles. The number of hydrogen-bond acceptors (Lipinski definition) is 5. The molecular formula is C34H34ClN3O2. The Morgan fingerprint density at radius 2 is 1.75 bits per heavy atom. The number of ketones is 1. The zero-order valence-electron chi connectivity index (χ0n) is 23.6. The summed E-state index contributed by atoms with van der Waals surface area (Å²) in [4.78, 5) is 15.9. The SMILES string of the molecule is Cc1ccc(N2C(N)=C(C#N)C(c3cc(C)cc(COc4ccccc4Cl)c3C)C3=C2CC(C)(C)CC3=O)cc1. The molecule has 204 valence electrons. The standard InChI is InChI=1S/C34H34ClN3O2/c1-20-10-12-24(13-11-20)38-28-16-34(4,5)17-29(39)32(28)31(26(18-36)33(38)37)25-15-21(2)14-23(22(25)3)19-40-30-9-7-6-8-27(30)35/h6-15,31H,16-17,19,37H2,1-5H3. The van der Waals surface area contributed by atoms with E-state index < -0.39 is 5.92 Å². The van der Waals surface area contributed by atoms with E-state index in [2.05, 4.69) is 32.0 Å². The molecule has 1 aliphatic carbocycles. The van der Waals surface area contributed by atoms with Crippen LogP contribution in [0, 0.1) is 37.5 Å². The van der Waals surface area contributed by atoms with E-state index >= 15 is 0 Å². The highest BCUT2D eigenvalue weighted by molar-refractivity contribution is 6.32. The topological polar surface area (TPSA) is 79.3 Å². The van der Waals surface area contributed by atoms with Crippen LogP contribution >= 0.6 is 11.6 Å². The minimum atomic E-state index is -0.552. The van der Waals surface area contributed by atoms with Gasteiger partial charge in [-0.05, 0) is 73.6 Å². The normalized spacial score (nSPS) is 18.5. The van der Waals surface area contributed by atoms with E-state index in [4.69, 9.17) is 22.1 Å². The van der Waals surface area contributed by atoms with Gasteiger partial charge in [0.2, 0.25) is 0 Å². The van der Waals surface area contributed by atoms with Crippen LogP contribution in [0.25, 0.3) is 0 Å². The predicted octanol–water partition coefficient (Wildman–Crippen LogP) is 7.79. The second kappa shape index (κ2) is 10.5. The van der Waals surface area contributed by atoms with Crippen LogP contribution in [-0.2, 0) is 11.4 Å². The molecular weight excluding hydrogens is 518 g/mol. The summed E-state index contributed by atoms with van der Waals surface area (Å²) >= 11 is 6.33. The molecule has 1 atom stereocenters. The number of rotatable bonds is 5.